The second-order valence-electron chi connectivity index (χ2n) is 4.59. The lowest BCUT2D eigenvalue weighted by Gasteiger charge is -2.09. The molecule has 4 nitrogen and oxygen atoms in total. The van der Waals surface area contributed by atoms with Crippen LogP contribution in [0.4, 0.5) is 0 Å². The second kappa shape index (κ2) is 5.09. The van der Waals surface area contributed by atoms with E-state index in [2.05, 4.69) is 26.0 Å². The smallest absolute Gasteiger partial charge is 0.240 e. The number of nitrogens with one attached hydrogen (secondary N) is 2. The minimum absolute atomic E-state index is 0. The van der Waals surface area contributed by atoms with Crippen molar-refractivity contribution in [2.45, 2.75) is 10.9 Å². The van der Waals surface area contributed by atoms with E-state index in [9.17, 15) is 8.42 Å². The molecule has 1 saturated carbocycles. The molecule has 0 radical (unpaired) electrons. The van der Waals surface area contributed by atoms with Crippen LogP contribution in [0.2, 0.25) is 0 Å². The van der Waals surface area contributed by atoms with Gasteiger partial charge in [0.1, 0.15) is 0 Å². The Hall–Kier alpha value is -0.140. The highest BCUT2D eigenvalue weighted by atomic mass is 79.9. The Kier molecular flexibility index (Phi) is 4.04. The molecule has 1 heterocycles. The number of hydrogen-bond acceptors (Lipinski definition) is 3. The molecule has 2 N–H and O–H groups in total. The highest BCUT2D eigenvalue weighted by Crippen LogP contribution is 2.42. The molecule has 7 heteroatoms. The molecule has 0 bridgehead atoms. The summed E-state index contributed by atoms with van der Waals surface area (Å²) in [4.78, 5) is 0.324. The lowest BCUT2D eigenvalue weighted by molar-refractivity contribution is 0.565. The van der Waals surface area contributed by atoms with Gasteiger partial charge in [-0.05, 0) is 43.1 Å². The van der Waals surface area contributed by atoms with Crippen LogP contribution in [-0.2, 0) is 10.0 Å². The summed E-state index contributed by atoms with van der Waals surface area (Å²) in [6.45, 7) is 1.85. The molecule has 3 rings (SSSR count). The third-order valence-corrected chi connectivity index (χ3v) is 5.44. The largest absolute Gasteiger partial charge is 0.316 e. The van der Waals surface area contributed by atoms with E-state index < -0.39 is 10.0 Å². The molecule has 2 atom stereocenters. The predicted octanol–water partition coefficient (Wildman–Crippen LogP) is 1.37. The SMILES string of the molecule is Cl.O=S(=O)(NC1C2CNCC21)c1cccc(Br)c1. The maximum atomic E-state index is 12.1. The van der Waals surface area contributed by atoms with Crippen molar-refractivity contribution < 1.29 is 8.42 Å². The number of rotatable bonds is 3. The Morgan fingerprint density at radius 1 is 1.28 bits per heavy atom. The van der Waals surface area contributed by atoms with Crippen LogP contribution in [0.5, 0.6) is 0 Å². The molecule has 18 heavy (non-hydrogen) atoms. The first-order valence-electron chi connectivity index (χ1n) is 5.56. The average molecular weight is 354 g/mol. The lowest BCUT2D eigenvalue weighted by atomic mass is 10.4. The summed E-state index contributed by atoms with van der Waals surface area (Å²) in [5.41, 5.74) is 0. The number of benzene rings is 1. The Labute approximate surface area is 121 Å². The fourth-order valence-electron chi connectivity index (χ4n) is 2.47. The van der Waals surface area contributed by atoms with Crippen molar-refractivity contribution in [1.82, 2.24) is 10.0 Å². The first kappa shape index (κ1) is 14.3. The second-order valence-corrected chi connectivity index (χ2v) is 7.22. The molecular weight excluding hydrogens is 340 g/mol. The van der Waals surface area contributed by atoms with Crippen LogP contribution in [-0.4, -0.2) is 27.5 Å². The van der Waals surface area contributed by atoms with Crippen molar-refractivity contribution in [3.63, 3.8) is 0 Å². The summed E-state index contributed by atoms with van der Waals surface area (Å²) in [5.74, 6) is 0.967. The molecular formula is C11H14BrClN2O2S. The van der Waals surface area contributed by atoms with Crippen molar-refractivity contribution in [3.8, 4) is 0 Å². The van der Waals surface area contributed by atoms with Crippen LogP contribution in [0.25, 0.3) is 0 Å². The molecule has 0 aromatic heterocycles. The Bertz CT molecular complexity index is 542. The highest BCUT2D eigenvalue weighted by molar-refractivity contribution is 9.10. The van der Waals surface area contributed by atoms with Crippen molar-refractivity contribution >= 4 is 38.4 Å². The molecule has 1 aliphatic carbocycles. The summed E-state index contributed by atoms with van der Waals surface area (Å²) in [6.07, 6.45) is 0. The number of piperidine rings is 1. The van der Waals surface area contributed by atoms with E-state index in [1.165, 1.54) is 0 Å². The van der Waals surface area contributed by atoms with Gasteiger partial charge in [-0.3, -0.25) is 0 Å². The number of fused-ring (bicyclic) bond motifs is 1. The number of hydrogen-bond donors (Lipinski definition) is 2. The van der Waals surface area contributed by atoms with Gasteiger partial charge in [0.25, 0.3) is 0 Å². The molecule has 1 aromatic carbocycles. The predicted molar refractivity (Wildman–Crippen MR) is 75.3 cm³/mol. The monoisotopic (exact) mass is 352 g/mol. The Morgan fingerprint density at radius 3 is 2.56 bits per heavy atom. The summed E-state index contributed by atoms with van der Waals surface area (Å²) < 4.78 is 27.8. The molecule has 1 saturated heterocycles. The third-order valence-electron chi connectivity index (χ3n) is 3.49. The maximum absolute atomic E-state index is 12.1. The van der Waals surface area contributed by atoms with Crippen molar-refractivity contribution in [2.24, 2.45) is 11.8 Å². The van der Waals surface area contributed by atoms with Gasteiger partial charge in [0.15, 0.2) is 0 Å². The van der Waals surface area contributed by atoms with E-state index in [4.69, 9.17) is 0 Å². The van der Waals surface area contributed by atoms with Gasteiger partial charge in [0.2, 0.25) is 10.0 Å². The molecule has 2 fully saturated rings. The average Bonchev–Trinajstić information content (AvgIpc) is 2.75. The summed E-state index contributed by atoms with van der Waals surface area (Å²) >= 11 is 3.28. The molecule has 0 spiro atoms. The maximum Gasteiger partial charge on any atom is 0.240 e. The number of halogens is 2. The Balaban J connectivity index is 0.00000120. The van der Waals surface area contributed by atoms with Gasteiger partial charge in [0, 0.05) is 10.5 Å². The van der Waals surface area contributed by atoms with E-state index in [1.54, 1.807) is 18.2 Å². The van der Waals surface area contributed by atoms with Gasteiger partial charge in [-0.2, -0.15) is 0 Å². The zero-order valence-corrected chi connectivity index (χ0v) is 12.7. The molecule has 2 aliphatic rings. The summed E-state index contributed by atoms with van der Waals surface area (Å²) in [5, 5.41) is 3.24. The fourth-order valence-corrected chi connectivity index (χ4v) is 4.41. The first-order chi connectivity index (χ1) is 8.08. The van der Waals surface area contributed by atoms with E-state index in [0.717, 1.165) is 17.6 Å². The molecule has 100 valence electrons. The topological polar surface area (TPSA) is 58.2 Å². The van der Waals surface area contributed by atoms with E-state index in [1.807, 2.05) is 6.07 Å². The molecule has 1 aliphatic heterocycles. The molecule has 1 aromatic rings. The van der Waals surface area contributed by atoms with Crippen molar-refractivity contribution in [3.05, 3.63) is 28.7 Å². The summed E-state index contributed by atoms with van der Waals surface area (Å²) in [6, 6.07) is 6.91. The van der Waals surface area contributed by atoms with Crippen LogP contribution in [0.15, 0.2) is 33.6 Å². The van der Waals surface area contributed by atoms with Gasteiger partial charge in [0.05, 0.1) is 4.90 Å². The van der Waals surface area contributed by atoms with Gasteiger partial charge in [-0.1, -0.05) is 22.0 Å². The Morgan fingerprint density at radius 2 is 1.94 bits per heavy atom. The normalized spacial score (nSPS) is 29.5. The lowest BCUT2D eigenvalue weighted by Crippen LogP contribution is -2.32. The zero-order valence-electron chi connectivity index (χ0n) is 9.47. The number of sulfonamides is 1. The quantitative estimate of drug-likeness (QED) is 0.863. The van der Waals surface area contributed by atoms with Crippen molar-refractivity contribution in [2.75, 3.05) is 13.1 Å². The van der Waals surface area contributed by atoms with Crippen LogP contribution >= 0.6 is 28.3 Å². The van der Waals surface area contributed by atoms with Crippen LogP contribution in [0.1, 0.15) is 0 Å². The van der Waals surface area contributed by atoms with E-state index in [0.29, 0.717) is 16.7 Å². The van der Waals surface area contributed by atoms with E-state index >= 15 is 0 Å². The third kappa shape index (κ3) is 2.58. The molecule has 0 amide bonds. The standard InChI is InChI=1S/C11H13BrN2O2S.ClH/c12-7-2-1-3-8(4-7)17(15,16)14-11-9-5-13-6-10(9)11;/h1-4,9-11,13-14H,5-6H2;1H. The zero-order chi connectivity index (χ0) is 12.0. The van der Waals surface area contributed by atoms with Crippen LogP contribution < -0.4 is 10.0 Å². The van der Waals surface area contributed by atoms with E-state index in [-0.39, 0.29) is 18.4 Å². The van der Waals surface area contributed by atoms with Gasteiger partial charge >= 0.3 is 0 Å². The van der Waals surface area contributed by atoms with Gasteiger partial charge in [-0.25, -0.2) is 13.1 Å². The van der Waals surface area contributed by atoms with Gasteiger partial charge in [-0.15, -0.1) is 12.4 Å². The summed E-state index contributed by atoms with van der Waals surface area (Å²) in [7, 11) is -3.37. The highest BCUT2D eigenvalue weighted by Gasteiger charge is 2.54. The minimum atomic E-state index is -3.37. The van der Waals surface area contributed by atoms with Crippen molar-refractivity contribution in [1.29, 1.82) is 0 Å². The first-order valence-corrected chi connectivity index (χ1v) is 7.84. The fraction of sp³-hybridized carbons (Fsp3) is 0.455. The van der Waals surface area contributed by atoms with Crippen LogP contribution in [0, 0.1) is 11.8 Å². The minimum Gasteiger partial charge on any atom is -0.316 e. The van der Waals surface area contributed by atoms with Crippen LogP contribution in [0.3, 0.4) is 0 Å². The van der Waals surface area contributed by atoms with Gasteiger partial charge < -0.3 is 5.32 Å². The molecule has 2 unspecified atom stereocenters.